The van der Waals surface area contributed by atoms with Crippen LogP contribution >= 0.6 is 0 Å². The van der Waals surface area contributed by atoms with E-state index in [4.69, 9.17) is 9.47 Å². The number of aryl methyl sites for hydroxylation is 2. The number of benzene rings is 2. The van der Waals surface area contributed by atoms with E-state index in [1.807, 2.05) is 23.1 Å². The van der Waals surface area contributed by atoms with E-state index in [1.165, 1.54) is 11.1 Å². The summed E-state index contributed by atoms with van der Waals surface area (Å²) in [6.07, 6.45) is 1.39. The molecule has 152 valence electrons. The van der Waals surface area contributed by atoms with Crippen molar-refractivity contribution < 1.29 is 14.3 Å². The quantitative estimate of drug-likeness (QED) is 0.798. The highest BCUT2D eigenvalue weighted by atomic mass is 16.5. The standard InChI is InChI=1S/C24H28N2O3/c1-16-11-17(2)23(28-3)19(12-16)14-25-10-9-24-21(25)13-22(27)26(24)20(15-29-24)18-7-5-4-6-8-18/h4-8,11-12,20-21H,9-10,13-15H2,1-3H3/t20-,21+,24-/m0/s1. The maximum Gasteiger partial charge on any atom is 0.227 e. The number of ether oxygens (including phenoxy) is 2. The number of carbonyl (C=O) groups excluding carboxylic acids is 1. The predicted molar refractivity (Wildman–Crippen MR) is 111 cm³/mol. The predicted octanol–water partition coefficient (Wildman–Crippen LogP) is 3.59. The van der Waals surface area contributed by atoms with E-state index < -0.39 is 5.72 Å². The lowest BCUT2D eigenvalue weighted by Crippen LogP contribution is -2.48. The lowest BCUT2D eigenvalue weighted by molar-refractivity contribution is -0.138. The van der Waals surface area contributed by atoms with Crippen molar-refractivity contribution >= 4 is 5.91 Å². The Labute approximate surface area is 172 Å². The Kier molecular flexibility index (Phi) is 4.41. The monoisotopic (exact) mass is 392 g/mol. The molecular weight excluding hydrogens is 364 g/mol. The number of hydrogen-bond donors (Lipinski definition) is 0. The fraction of sp³-hybridized carbons (Fsp3) is 0.458. The van der Waals surface area contributed by atoms with E-state index in [0.717, 1.165) is 36.4 Å². The first-order chi connectivity index (χ1) is 14.0. The molecule has 2 aromatic carbocycles. The molecule has 3 heterocycles. The molecule has 3 saturated heterocycles. The van der Waals surface area contributed by atoms with Gasteiger partial charge in [-0.1, -0.05) is 48.0 Å². The fourth-order valence-electron chi connectivity index (χ4n) is 5.71. The number of nitrogens with zero attached hydrogens (tertiary/aromatic N) is 2. The third-order valence-electron chi connectivity index (χ3n) is 6.82. The number of likely N-dealkylation sites (tertiary alicyclic amines) is 1. The van der Waals surface area contributed by atoms with Crippen LogP contribution in [0, 0.1) is 13.8 Å². The van der Waals surface area contributed by atoms with Gasteiger partial charge in [0, 0.05) is 31.5 Å². The smallest absolute Gasteiger partial charge is 0.227 e. The van der Waals surface area contributed by atoms with Gasteiger partial charge in [0.05, 0.1) is 25.8 Å². The highest BCUT2D eigenvalue weighted by Gasteiger charge is 2.64. The molecule has 5 nitrogen and oxygen atoms in total. The number of rotatable bonds is 4. The van der Waals surface area contributed by atoms with E-state index in [1.54, 1.807) is 7.11 Å². The van der Waals surface area contributed by atoms with Crippen molar-refractivity contribution in [2.75, 3.05) is 20.3 Å². The van der Waals surface area contributed by atoms with Gasteiger partial charge in [-0.15, -0.1) is 0 Å². The third-order valence-corrected chi connectivity index (χ3v) is 6.82. The molecule has 5 rings (SSSR count). The molecule has 0 radical (unpaired) electrons. The number of hydrogen-bond acceptors (Lipinski definition) is 4. The minimum Gasteiger partial charge on any atom is -0.496 e. The molecule has 0 saturated carbocycles. The van der Waals surface area contributed by atoms with Crippen molar-refractivity contribution in [2.24, 2.45) is 0 Å². The van der Waals surface area contributed by atoms with Gasteiger partial charge in [0.2, 0.25) is 5.91 Å². The van der Waals surface area contributed by atoms with Crippen LogP contribution in [0.25, 0.3) is 0 Å². The van der Waals surface area contributed by atoms with Crippen LogP contribution < -0.4 is 4.74 Å². The Morgan fingerprint density at radius 1 is 1.21 bits per heavy atom. The Morgan fingerprint density at radius 2 is 2.00 bits per heavy atom. The maximum absolute atomic E-state index is 13.1. The third kappa shape index (κ3) is 2.79. The molecule has 3 fully saturated rings. The van der Waals surface area contributed by atoms with Crippen LogP contribution in [-0.4, -0.2) is 47.7 Å². The second-order valence-corrected chi connectivity index (χ2v) is 8.56. The van der Waals surface area contributed by atoms with Crippen LogP contribution in [0.5, 0.6) is 5.75 Å². The summed E-state index contributed by atoms with van der Waals surface area (Å²) in [6.45, 7) is 6.48. The lowest BCUT2D eigenvalue weighted by Gasteiger charge is -2.33. The number of carbonyl (C=O) groups is 1. The molecule has 0 unspecified atom stereocenters. The Hall–Kier alpha value is -2.37. The molecule has 3 atom stereocenters. The fourth-order valence-corrected chi connectivity index (χ4v) is 5.71. The Bertz CT molecular complexity index is 945. The van der Waals surface area contributed by atoms with Gasteiger partial charge < -0.3 is 14.4 Å². The van der Waals surface area contributed by atoms with Crippen molar-refractivity contribution in [3.8, 4) is 5.75 Å². The van der Waals surface area contributed by atoms with Crippen LogP contribution in [0.3, 0.4) is 0 Å². The van der Waals surface area contributed by atoms with E-state index in [0.29, 0.717) is 13.0 Å². The molecule has 0 N–H and O–H groups in total. The molecule has 3 aliphatic heterocycles. The molecule has 0 aliphatic carbocycles. The summed E-state index contributed by atoms with van der Waals surface area (Å²) < 4.78 is 12.1. The summed E-state index contributed by atoms with van der Waals surface area (Å²) in [5.41, 5.74) is 4.25. The van der Waals surface area contributed by atoms with Crippen LogP contribution in [0.1, 0.15) is 41.1 Å². The second-order valence-electron chi connectivity index (χ2n) is 8.56. The zero-order valence-electron chi connectivity index (χ0n) is 17.4. The molecule has 0 bridgehead atoms. The van der Waals surface area contributed by atoms with Gasteiger partial charge in [0.25, 0.3) is 0 Å². The van der Waals surface area contributed by atoms with Crippen LogP contribution in [0.4, 0.5) is 0 Å². The Balaban J connectivity index is 1.44. The first kappa shape index (κ1) is 18.6. The summed E-state index contributed by atoms with van der Waals surface area (Å²) in [7, 11) is 1.73. The molecule has 3 aliphatic rings. The molecular formula is C24H28N2O3. The lowest BCUT2D eigenvalue weighted by atomic mass is 10.0. The van der Waals surface area contributed by atoms with Crippen LogP contribution in [0.15, 0.2) is 42.5 Å². The highest BCUT2D eigenvalue weighted by Crippen LogP contribution is 2.52. The molecule has 1 spiro atoms. The molecule has 1 amide bonds. The molecule has 2 aromatic rings. The van der Waals surface area contributed by atoms with Gasteiger partial charge in [0.1, 0.15) is 5.75 Å². The van der Waals surface area contributed by atoms with Gasteiger partial charge in [-0.05, 0) is 25.0 Å². The van der Waals surface area contributed by atoms with Crippen molar-refractivity contribution in [2.45, 2.75) is 51.0 Å². The van der Waals surface area contributed by atoms with E-state index in [2.05, 4.69) is 43.0 Å². The zero-order valence-corrected chi connectivity index (χ0v) is 17.4. The second kappa shape index (κ2) is 6.85. The highest BCUT2D eigenvalue weighted by molar-refractivity contribution is 5.82. The van der Waals surface area contributed by atoms with Crippen molar-refractivity contribution in [3.63, 3.8) is 0 Å². The topological polar surface area (TPSA) is 42.0 Å². The minimum absolute atomic E-state index is 0.0180. The average Bonchev–Trinajstić information content (AvgIpc) is 3.32. The minimum atomic E-state index is -0.482. The largest absolute Gasteiger partial charge is 0.496 e. The van der Waals surface area contributed by atoms with E-state index in [-0.39, 0.29) is 18.0 Å². The molecule has 29 heavy (non-hydrogen) atoms. The van der Waals surface area contributed by atoms with Crippen LogP contribution in [0.2, 0.25) is 0 Å². The summed E-state index contributed by atoms with van der Waals surface area (Å²) in [4.78, 5) is 17.5. The zero-order chi connectivity index (χ0) is 20.2. The van der Waals surface area contributed by atoms with Crippen LogP contribution in [-0.2, 0) is 16.1 Å². The SMILES string of the molecule is COc1c(C)cc(C)cc1CN1CC[C@@]23OC[C@@H](c4ccccc4)N2C(=O)C[C@@H]13. The van der Waals surface area contributed by atoms with Gasteiger partial charge in [-0.3, -0.25) is 9.69 Å². The first-order valence-electron chi connectivity index (χ1n) is 10.4. The molecule has 0 aromatic heterocycles. The van der Waals surface area contributed by atoms with Gasteiger partial charge >= 0.3 is 0 Å². The maximum atomic E-state index is 13.1. The summed E-state index contributed by atoms with van der Waals surface area (Å²) >= 11 is 0. The van der Waals surface area contributed by atoms with Gasteiger partial charge in [-0.25, -0.2) is 0 Å². The first-order valence-corrected chi connectivity index (χ1v) is 10.4. The van der Waals surface area contributed by atoms with Gasteiger partial charge in [-0.2, -0.15) is 0 Å². The van der Waals surface area contributed by atoms with Crippen molar-refractivity contribution in [1.29, 1.82) is 0 Å². The number of amides is 1. The normalized spacial score (nSPS) is 28.7. The van der Waals surface area contributed by atoms with Gasteiger partial charge in [0.15, 0.2) is 5.72 Å². The number of methoxy groups -OCH3 is 1. The summed E-state index contributed by atoms with van der Waals surface area (Å²) in [5, 5.41) is 0. The van der Waals surface area contributed by atoms with E-state index >= 15 is 0 Å². The Morgan fingerprint density at radius 3 is 2.76 bits per heavy atom. The molecule has 5 heteroatoms. The average molecular weight is 392 g/mol. The van der Waals surface area contributed by atoms with E-state index in [9.17, 15) is 4.79 Å². The van der Waals surface area contributed by atoms with Crippen molar-refractivity contribution in [1.82, 2.24) is 9.80 Å². The summed E-state index contributed by atoms with van der Waals surface area (Å²) in [5.74, 6) is 1.16. The van der Waals surface area contributed by atoms with Crippen molar-refractivity contribution in [3.05, 3.63) is 64.7 Å². The summed E-state index contributed by atoms with van der Waals surface area (Å²) in [6, 6.07) is 14.7.